The summed E-state index contributed by atoms with van der Waals surface area (Å²) in [6, 6.07) is -0.575. The van der Waals surface area contributed by atoms with Gasteiger partial charge in [-0.05, 0) is 19.8 Å². The Kier molecular flexibility index (Phi) is 5.93. The van der Waals surface area contributed by atoms with Crippen molar-refractivity contribution in [3.05, 3.63) is 0 Å². The van der Waals surface area contributed by atoms with Gasteiger partial charge >= 0.3 is 5.97 Å². The highest BCUT2D eigenvalue weighted by molar-refractivity contribution is 5.82. The average molecular weight is 216 g/mol. The molecule has 0 aromatic heterocycles. The van der Waals surface area contributed by atoms with E-state index in [4.69, 9.17) is 10.8 Å². The number of carbonyl (C=O) groups excluding carboxylic acids is 1. The molecule has 0 aliphatic heterocycles. The fourth-order valence-corrected chi connectivity index (χ4v) is 1.16. The lowest BCUT2D eigenvalue weighted by molar-refractivity contribution is -0.137. The standard InChI is InChI=1S/C10H20N2O3/c1-4-7(2)12(3)10(15)8(11)5-6-9(13)14/h7-8H,4-6,11H2,1-3H3,(H,13,14). The van der Waals surface area contributed by atoms with Gasteiger partial charge < -0.3 is 15.7 Å². The second kappa shape index (κ2) is 6.40. The van der Waals surface area contributed by atoms with E-state index in [1.165, 1.54) is 0 Å². The lowest BCUT2D eigenvalue weighted by atomic mass is 10.1. The van der Waals surface area contributed by atoms with Gasteiger partial charge in [0.1, 0.15) is 0 Å². The van der Waals surface area contributed by atoms with Gasteiger partial charge in [-0.3, -0.25) is 9.59 Å². The van der Waals surface area contributed by atoms with E-state index in [1.807, 2.05) is 13.8 Å². The number of carboxylic acid groups (broad SMARTS) is 1. The van der Waals surface area contributed by atoms with Crippen LogP contribution in [0.5, 0.6) is 0 Å². The van der Waals surface area contributed by atoms with E-state index in [9.17, 15) is 9.59 Å². The van der Waals surface area contributed by atoms with Crippen LogP contribution in [0.2, 0.25) is 0 Å². The maximum Gasteiger partial charge on any atom is 0.303 e. The number of likely N-dealkylation sites (N-methyl/N-ethyl adjacent to an activating group) is 1. The maximum absolute atomic E-state index is 11.7. The van der Waals surface area contributed by atoms with Gasteiger partial charge in [0.05, 0.1) is 6.04 Å². The number of rotatable bonds is 6. The number of amides is 1. The molecule has 0 saturated heterocycles. The summed E-state index contributed by atoms with van der Waals surface area (Å²) in [4.78, 5) is 23.5. The van der Waals surface area contributed by atoms with Crippen molar-refractivity contribution < 1.29 is 14.7 Å². The first kappa shape index (κ1) is 13.9. The number of aliphatic carboxylic acids is 1. The smallest absolute Gasteiger partial charge is 0.303 e. The monoisotopic (exact) mass is 216 g/mol. The predicted octanol–water partition coefficient (Wildman–Crippen LogP) is 0.435. The van der Waals surface area contributed by atoms with E-state index in [1.54, 1.807) is 11.9 Å². The van der Waals surface area contributed by atoms with Crippen molar-refractivity contribution in [2.45, 2.75) is 45.2 Å². The zero-order valence-corrected chi connectivity index (χ0v) is 9.56. The summed E-state index contributed by atoms with van der Waals surface area (Å²) in [7, 11) is 1.69. The molecule has 0 aliphatic carbocycles. The summed E-state index contributed by atoms with van der Waals surface area (Å²) >= 11 is 0. The zero-order valence-electron chi connectivity index (χ0n) is 9.56. The minimum Gasteiger partial charge on any atom is -0.481 e. The van der Waals surface area contributed by atoms with E-state index in [2.05, 4.69) is 0 Å². The first-order valence-corrected chi connectivity index (χ1v) is 5.14. The second-order valence-corrected chi connectivity index (χ2v) is 3.75. The molecule has 0 spiro atoms. The van der Waals surface area contributed by atoms with Gasteiger partial charge in [-0.25, -0.2) is 0 Å². The normalized spacial score (nSPS) is 14.4. The van der Waals surface area contributed by atoms with E-state index in [-0.39, 0.29) is 24.8 Å². The molecule has 0 radical (unpaired) electrons. The van der Waals surface area contributed by atoms with Crippen LogP contribution in [0.15, 0.2) is 0 Å². The lowest BCUT2D eigenvalue weighted by Gasteiger charge is -2.26. The molecule has 0 heterocycles. The lowest BCUT2D eigenvalue weighted by Crippen LogP contribution is -2.45. The third kappa shape index (κ3) is 4.78. The van der Waals surface area contributed by atoms with Crippen molar-refractivity contribution in [3.63, 3.8) is 0 Å². The van der Waals surface area contributed by atoms with Crippen molar-refractivity contribution in [1.29, 1.82) is 0 Å². The molecule has 1 amide bonds. The van der Waals surface area contributed by atoms with E-state index in [0.717, 1.165) is 6.42 Å². The fraction of sp³-hybridized carbons (Fsp3) is 0.800. The molecular weight excluding hydrogens is 196 g/mol. The number of hydrogen-bond donors (Lipinski definition) is 2. The molecule has 0 aromatic rings. The van der Waals surface area contributed by atoms with Crippen LogP contribution in [0.4, 0.5) is 0 Å². The van der Waals surface area contributed by atoms with Crippen molar-refractivity contribution in [2.24, 2.45) is 5.73 Å². The van der Waals surface area contributed by atoms with Crippen LogP contribution in [0.1, 0.15) is 33.1 Å². The number of hydrogen-bond acceptors (Lipinski definition) is 3. The number of nitrogens with zero attached hydrogens (tertiary/aromatic N) is 1. The molecule has 0 fully saturated rings. The Balaban J connectivity index is 4.13. The van der Waals surface area contributed by atoms with Crippen LogP contribution in [-0.4, -0.2) is 41.0 Å². The van der Waals surface area contributed by atoms with Crippen molar-refractivity contribution >= 4 is 11.9 Å². The molecule has 0 aromatic carbocycles. The topological polar surface area (TPSA) is 83.6 Å². The Hall–Kier alpha value is -1.10. The minimum absolute atomic E-state index is 0.0682. The summed E-state index contributed by atoms with van der Waals surface area (Å²) in [6.07, 6.45) is 0.976. The Labute approximate surface area is 90.2 Å². The zero-order chi connectivity index (χ0) is 12.0. The van der Waals surface area contributed by atoms with Crippen molar-refractivity contribution in [1.82, 2.24) is 4.90 Å². The van der Waals surface area contributed by atoms with Gasteiger partial charge in [0.25, 0.3) is 0 Å². The Morgan fingerprint density at radius 3 is 2.40 bits per heavy atom. The number of nitrogens with two attached hydrogens (primary N) is 1. The summed E-state index contributed by atoms with van der Waals surface area (Å²) < 4.78 is 0. The minimum atomic E-state index is -0.926. The summed E-state index contributed by atoms with van der Waals surface area (Å²) in [5.41, 5.74) is 5.60. The molecule has 0 saturated carbocycles. The van der Waals surface area contributed by atoms with Gasteiger partial charge in [-0.1, -0.05) is 6.92 Å². The third-order valence-electron chi connectivity index (χ3n) is 2.59. The second-order valence-electron chi connectivity index (χ2n) is 3.75. The van der Waals surface area contributed by atoms with Crippen LogP contribution in [0.25, 0.3) is 0 Å². The Morgan fingerprint density at radius 1 is 1.47 bits per heavy atom. The van der Waals surface area contributed by atoms with Crippen LogP contribution in [0.3, 0.4) is 0 Å². The highest BCUT2D eigenvalue weighted by Gasteiger charge is 2.21. The molecule has 15 heavy (non-hydrogen) atoms. The van der Waals surface area contributed by atoms with Gasteiger partial charge in [0.15, 0.2) is 0 Å². The van der Waals surface area contributed by atoms with E-state index in [0.29, 0.717) is 0 Å². The largest absolute Gasteiger partial charge is 0.481 e. The molecule has 5 nitrogen and oxygen atoms in total. The molecule has 0 aliphatic rings. The van der Waals surface area contributed by atoms with E-state index >= 15 is 0 Å². The van der Waals surface area contributed by atoms with Crippen LogP contribution in [0, 0.1) is 0 Å². The molecule has 0 bridgehead atoms. The van der Waals surface area contributed by atoms with Gasteiger partial charge in [-0.15, -0.1) is 0 Å². The van der Waals surface area contributed by atoms with Crippen LogP contribution in [-0.2, 0) is 9.59 Å². The molecule has 2 unspecified atom stereocenters. The molecule has 3 N–H and O–H groups in total. The van der Waals surface area contributed by atoms with Gasteiger partial charge in [-0.2, -0.15) is 0 Å². The van der Waals surface area contributed by atoms with E-state index < -0.39 is 12.0 Å². The maximum atomic E-state index is 11.7. The third-order valence-corrected chi connectivity index (χ3v) is 2.59. The van der Waals surface area contributed by atoms with Crippen LogP contribution >= 0.6 is 0 Å². The highest BCUT2D eigenvalue weighted by atomic mass is 16.4. The molecule has 88 valence electrons. The Bertz CT molecular complexity index is 231. The Morgan fingerprint density at radius 2 is 2.00 bits per heavy atom. The SMILES string of the molecule is CCC(C)N(C)C(=O)C(N)CCC(=O)O. The quantitative estimate of drug-likeness (QED) is 0.674. The number of carboxylic acids is 1. The van der Waals surface area contributed by atoms with Gasteiger partial charge in [0.2, 0.25) is 5.91 Å². The molecule has 0 rings (SSSR count). The van der Waals surface area contributed by atoms with Gasteiger partial charge in [0, 0.05) is 19.5 Å². The van der Waals surface area contributed by atoms with Crippen molar-refractivity contribution in [3.8, 4) is 0 Å². The predicted molar refractivity (Wildman–Crippen MR) is 57.4 cm³/mol. The van der Waals surface area contributed by atoms with Crippen molar-refractivity contribution in [2.75, 3.05) is 7.05 Å². The fourth-order valence-electron chi connectivity index (χ4n) is 1.16. The summed E-state index contributed by atoms with van der Waals surface area (Å²) in [5, 5.41) is 8.46. The summed E-state index contributed by atoms with van der Waals surface area (Å²) in [5.74, 6) is -1.12. The van der Waals surface area contributed by atoms with Crippen LogP contribution < -0.4 is 5.73 Å². The molecule has 5 heteroatoms. The first-order chi connectivity index (χ1) is 6.90. The first-order valence-electron chi connectivity index (χ1n) is 5.14. The number of carbonyl (C=O) groups is 2. The average Bonchev–Trinajstić information content (AvgIpc) is 2.22. The molecule has 2 atom stereocenters. The highest BCUT2D eigenvalue weighted by Crippen LogP contribution is 2.05. The summed E-state index contributed by atoms with van der Waals surface area (Å²) in [6.45, 7) is 3.92. The molecular formula is C10H20N2O3.